The van der Waals surface area contributed by atoms with Gasteiger partial charge < -0.3 is 0 Å². The van der Waals surface area contributed by atoms with E-state index in [1.54, 1.807) is 0 Å². The van der Waals surface area contributed by atoms with Crippen LogP contribution in [0.1, 0.15) is 147 Å². The van der Waals surface area contributed by atoms with E-state index in [1.807, 2.05) is 12.4 Å². The van der Waals surface area contributed by atoms with Crippen molar-refractivity contribution >= 4 is 0 Å². The topological polar surface area (TPSA) is 25.8 Å². The number of hydrogen-bond donors (Lipinski definition) is 0. The molecule has 0 saturated heterocycles. The molecule has 0 radical (unpaired) electrons. The second-order valence-electron chi connectivity index (χ2n) is 10.6. The van der Waals surface area contributed by atoms with E-state index in [1.165, 1.54) is 140 Å². The summed E-state index contributed by atoms with van der Waals surface area (Å²) in [6.07, 6.45) is 32.7. The van der Waals surface area contributed by atoms with Crippen molar-refractivity contribution in [2.75, 3.05) is 0 Å². The molecular weight excluding hydrogens is 424 g/mol. The minimum absolute atomic E-state index is 0.852. The molecule has 0 aliphatic heterocycles. The Bertz CT molecular complexity index is 720. The lowest BCUT2D eigenvalue weighted by Gasteiger charge is -2.06. The molecule has 0 unspecified atom stereocenters. The van der Waals surface area contributed by atoms with Crippen molar-refractivity contribution in [1.29, 1.82) is 0 Å². The monoisotopic (exact) mass is 478 g/mol. The van der Waals surface area contributed by atoms with Gasteiger partial charge in [-0.15, -0.1) is 0 Å². The standard InChI is InChI=1S/C33H54N2/c1-3-5-7-9-11-12-13-14-15-17-18-20-22-30-24-26-32(27-25-30)33-34-28-31(29-35-33)23-21-19-16-10-8-6-4-2/h24-29H,3-23H2,1-2H3. The molecule has 0 N–H and O–H groups in total. The number of unbranched alkanes of at least 4 members (excludes halogenated alkanes) is 17. The second-order valence-corrected chi connectivity index (χ2v) is 10.6. The van der Waals surface area contributed by atoms with Crippen molar-refractivity contribution < 1.29 is 0 Å². The SMILES string of the molecule is CCCCCCCCCCCCCCc1ccc(-c2ncc(CCCCCCCCC)cn2)cc1. The Labute approximate surface area is 217 Å². The van der Waals surface area contributed by atoms with Crippen LogP contribution in [0.15, 0.2) is 36.7 Å². The fourth-order valence-electron chi connectivity index (χ4n) is 4.91. The van der Waals surface area contributed by atoms with Crippen LogP contribution in [0, 0.1) is 0 Å². The maximum atomic E-state index is 4.64. The Morgan fingerprint density at radius 1 is 0.429 bits per heavy atom. The minimum atomic E-state index is 0.852. The molecule has 1 aromatic carbocycles. The normalized spacial score (nSPS) is 11.3. The summed E-state index contributed by atoms with van der Waals surface area (Å²) in [7, 11) is 0. The average molecular weight is 479 g/mol. The number of aromatic nitrogens is 2. The fourth-order valence-corrected chi connectivity index (χ4v) is 4.91. The lowest BCUT2D eigenvalue weighted by Crippen LogP contribution is -1.94. The van der Waals surface area contributed by atoms with Gasteiger partial charge >= 0.3 is 0 Å². The van der Waals surface area contributed by atoms with Crippen molar-refractivity contribution in [2.45, 2.75) is 149 Å². The lowest BCUT2D eigenvalue weighted by molar-refractivity contribution is 0.544. The maximum absolute atomic E-state index is 4.64. The Balaban J connectivity index is 1.53. The second kappa shape index (κ2) is 20.5. The van der Waals surface area contributed by atoms with Gasteiger partial charge in [0.15, 0.2) is 5.82 Å². The van der Waals surface area contributed by atoms with Gasteiger partial charge in [-0.25, -0.2) is 9.97 Å². The Morgan fingerprint density at radius 2 is 0.800 bits per heavy atom. The predicted octanol–water partition coefficient (Wildman–Crippen LogP) is 10.7. The number of nitrogens with zero attached hydrogens (tertiary/aromatic N) is 2. The van der Waals surface area contributed by atoms with Gasteiger partial charge in [0.05, 0.1) is 0 Å². The molecule has 0 amide bonds. The third-order valence-corrected chi connectivity index (χ3v) is 7.31. The summed E-state index contributed by atoms with van der Waals surface area (Å²) in [6, 6.07) is 8.93. The molecule has 1 heterocycles. The maximum Gasteiger partial charge on any atom is 0.159 e. The highest BCUT2D eigenvalue weighted by molar-refractivity contribution is 5.55. The van der Waals surface area contributed by atoms with E-state index in [-0.39, 0.29) is 0 Å². The minimum Gasteiger partial charge on any atom is -0.236 e. The van der Waals surface area contributed by atoms with Crippen LogP contribution in [-0.2, 0) is 12.8 Å². The van der Waals surface area contributed by atoms with Crippen molar-refractivity contribution in [3.05, 3.63) is 47.8 Å². The van der Waals surface area contributed by atoms with E-state index in [2.05, 4.69) is 48.1 Å². The molecule has 0 bridgehead atoms. The van der Waals surface area contributed by atoms with E-state index < -0.39 is 0 Å². The highest BCUT2D eigenvalue weighted by Gasteiger charge is 2.03. The van der Waals surface area contributed by atoms with Crippen LogP contribution in [0.4, 0.5) is 0 Å². The largest absolute Gasteiger partial charge is 0.236 e. The van der Waals surface area contributed by atoms with Gasteiger partial charge in [-0.05, 0) is 36.8 Å². The third kappa shape index (κ3) is 14.5. The van der Waals surface area contributed by atoms with Crippen LogP contribution in [0.25, 0.3) is 11.4 Å². The highest BCUT2D eigenvalue weighted by Crippen LogP contribution is 2.18. The van der Waals surface area contributed by atoms with Gasteiger partial charge in [0.25, 0.3) is 0 Å². The number of aryl methyl sites for hydroxylation is 2. The Morgan fingerprint density at radius 3 is 1.23 bits per heavy atom. The van der Waals surface area contributed by atoms with Gasteiger partial charge in [-0.2, -0.15) is 0 Å². The van der Waals surface area contributed by atoms with Crippen LogP contribution in [0.3, 0.4) is 0 Å². The third-order valence-electron chi connectivity index (χ3n) is 7.31. The summed E-state index contributed by atoms with van der Waals surface area (Å²) in [6.45, 7) is 4.57. The van der Waals surface area contributed by atoms with E-state index in [0.29, 0.717) is 0 Å². The Hall–Kier alpha value is -1.70. The summed E-state index contributed by atoms with van der Waals surface area (Å²) >= 11 is 0. The number of benzene rings is 1. The molecule has 2 rings (SSSR count). The number of hydrogen-bond acceptors (Lipinski definition) is 2. The molecule has 0 saturated carbocycles. The summed E-state index contributed by atoms with van der Waals surface area (Å²) < 4.78 is 0. The quantitative estimate of drug-likeness (QED) is 0.157. The van der Waals surface area contributed by atoms with Crippen molar-refractivity contribution in [3.8, 4) is 11.4 Å². The van der Waals surface area contributed by atoms with Gasteiger partial charge in [0.1, 0.15) is 0 Å². The van der Waals surface area contributed by atoms with Gasteiger partial charge in [0.2, 0.25) is 0 Å². The van der Waals surface area contributed by atoms with Crippen molar-refractivity contribution in [2.24, 2.45) is 0 Å². The molecule has 1 aromatic heterocycles. The molecule has 0 aliphatic rings. The molecule has 196 valence electrons. The molecule has 0 atom stereocenters. The summed E-state index contributed by atoms with van der Waals surface area (Å²) in [4.78, 5) is 9.28. The molecule has 35 heavy (non-hydrogen) atoms. The van der Waals surface area contributed by atoms with Crippen molar-refractivity contribution in [1.82, 2.24) is 9.97 Å². The Kier molecular flexibility index (Phi) is 17.3. The zero-order valence-electron chi connectivity index (χ0n) is 23.2. The predicted molar refractivity (Wildman–Crippen MR) is 154 cm³/mol. The molecule has 2 heteroatoms. The zero-order valence-corrected chi connectivity index (χ0v) is 23.2. The van der Waals surface area contributed by atoms with E-state index >= 15 is 0 Å². The first-order valence-electron chi connectivity index (χ1n) is 15.2. The summed E-state index contributed by atoms with van der Waals surface area (Å²) in [5, 5.41) is 0. The van der Waals surface area contributed by atoms with Crippen LogP contribution in [0.5, 0.6) is 0 Å². The number of rotatable bonds is 22. The fraction of sp³-hybridized carbons (Fsp3) is 0.697. The van der Waals surface area contributed by atoms with Crippen LogP contribution >= 0.6 is 0 Å². The molecular formula is C33H54N2. The summed E-state index contributed by atoms with van der Waals surface area (Å²) in [5.41, 5.74) is 3.84. The zero-order chi connectivity index (χ0) is 24.8. The first-order chi connectivity index (χ1) is 17.3. The van der Waals surface area contributed by atoms with Crippen LogP contribution < -0.4 is 0 Å². The molecule has 2 nitrogen and oxygen atoms in total. The molecule has 0 aliphatic carbocycles. The molecule has 0 fully saturated rings. The molecule has 0 spiro atoms. The van der Waals surface area contributed by atoms with Gasteiger partial charge in [-0.1, -0.05) is 147 Å². The van der Waals surface area contributed by atoms with Crippen LogP contribution in [0.2, 0.25) is 0 Å². The smallest absolute Gasteiger partial charge is 0.159 e. The van der Waals surface area contributed by atoms with Gasteiger partial charge in [-0.3, -0.25) is 0 Å². The van der Waals surface area contributed by atoms with E-state index in [0.717, 1.165) is 17.8 Å². The average Bonchev–Trinajstić information content (AvgIpc) is 2.89. The first-order valence-corrected chi connectivity index (χ1v) is 15.2. The lowest BCUT2D eigenvalue weighted by atomic mass is 10.0. The molecule has 2 aromatic rings. The van der Waals surface area contributed by atoms with E-state index in [9.17, 15) is 0 Å². The van der Waals surface area contributed by atoms with E-state index in [4.69, 9.17) is 0 Å². The van der Waals surface area contributed by atoms with Crippen molar-refractivity contribution in [3.63, 3.8) is 0 Å². The highest BCUT2D eigenvalue weighted by atomic mass is 14.9. The summed E-state index contributed by atoms with van der Waals surface area (Å²) in [5.74, 6) is 0.852. The first kappa shape index (κ1) is 29.5. The van der Waals surface area contributed by atoms with Crippen LogP contribution in [-0.4, -0.2) is 9.97 Å². The van der Waals surface area contributed by atoms with Gasteiger partial charge in [0, 0.05) is 18.0 Å².